The number of halogens is 1. The van der Waals surface area contributed by atoms with E-state index in [4.69, 9.17) is 0 Å². The second-order valence-electron chi connectivity index (χ2n) is 5.67. The summed E-state index contributed by atoms with van der Waals surface area (Å²) >= 11 is -1.39. The van der Waals surface area contributed by atoms with Gasteiger partial charge in [0.25, 0.3) is 0 Å². The van der Waals surface area contributed by atoms with Gasteiger partial charge in [-0.3, -0.25) is 0 Å². The smallest absolute Gasteiger partial charge is 0.136 e. The van der Waals surface area contributed by atoms with Crippen molar-refractivity contribution in [2.45, 2.75) is 44.4 Å². The van der Waals surface area contributed by atoms with Crippen molar-refractivity contribution in [1.29, 1.82) is 0 Å². The van der Waals surface area contributed by atoms with Crippen molar-refractivity contribution in [3.05, 3.63) is 35.6 Å². The molecule has 19 heavy (non-hydrogen) atoms. The summed E-state index contributed by atoms with van der Waals surface area (Å²) in [7, 11) is 0. The third kappa shape index (κ3) is 4.03. The Morgan fingerprint density at radius 2 is 1.89 bits per heavy atom. The highest BCUT2D eigenvalue weighted by Crippen LogP contribution is 2.29. The molecule has 0 heterocycles. The first-order valence-corrected chi connectivity index (χ1v) is 7.24. The second-order valence-corrected chi connectivity index (χ2v) is 7.63. The van der Waals surface area contributed by atoms with E-state index in [1.165, 1.54) is 6.07 Å². The Bertz CT molecular complexity index is 447. The van der Waals surface area contributed by atoms with Gasteiger partial charge in [0, 0.05) is 23.3 Å². The fourth-order valence-corrected chi connectivity index (χ4v) is 2.55. The first-order chi connectivity index (χ1) is 8.70. The van der Waals surface area contributed by atoms with E-state index in [0.717, 1.165) is 0 Å². The van der Waals surface area contributed by atoms with Gasteiger partial charge in [0.2, 0.25) is 0 Å². The number of carbonyl (C=O) groups excluding carboxylic acids is 1. The second kappa shape index (κ2) is 6.03. The summed E-state index contributed by atoms with van der Waals surface area (Å²) in [5.74, 6) is -0.412. The molecular weight excluding hydrogens is 265 g/mol. The maximum Gasteiger partial charge on any atom is 0.136 e. The molecule has 0 amide bonds. The van der Waals surface area contributed by atoms with Gasteiger partial charge < -0.3 is 9.35 Å². The number of hydrogen-bond donors (Lipinski definition) is 1. The van der Waals surface area contributed by atoms with E-state index < -0.39 is 27.5 Å². The maximum absolute atomic E-state index is 13.9. The molecule has 1 aromatic rings. The van der Waals surface area contributed by atoms with Gasteiger partial charge in [-0.05, 0) is 33.8 Å². The van der Waals surface area contributed by atoms with Crippen LogP contribution in [0.25, 0.3) is 0 Å². The molecule has 0 aromatic heterocycles. The molecule has 0 saturated carbocycles. The van der Waals surface area contributed by atoms with Crippen molar-refractivity contribution >= 4 is 17.6 Å². The molecule has 0 fully saturated rings. The topological polar surface area (TPSA) is 52.2 Å². The van der Waals surface area contributed by atoms with Gasteiger partial charge in [-0.15, -0.1) is 4.72 Å². The summed E-state index contributed by atoms with van der Waals surface area (Å²) in [5, 5.41) is 0. The molecule has 1 N–H and O–H groups in total. The third-order valence-electron chi connectivity index (χ3n) is 2.83. The van der Waals surface area contributed by atoms with Crippen LogP contribution in [0.15, 0.2) is 24.3 Å². The predicted octanol–water partition coefficient (Wildman–Crippen LogP) is 2.68. The monoisotopic (exact) mass is 285 g/mol. The van der Waals surface area contributed by atoms with Gasteiger partial charge in [0.05, 0.1) is 5.54 Å². The standard InChI is InChI=1S/C14H20FNO2S/c1-13(2,3)19(18)16-14(4,9-10-17)11-7-5-6-8-12(11)15/h5-8,10,16H,9H2,1-4H3/t14-,19+/m0/s1. The first-order valence-electron chi connectivity index (χ1n) is 6.09. The molecule has 0 aliphatic heterocycles. The number of nitrogens with one attached hydrogen (secondary N) is 1. The predicted molar refractivity (Wildman–Crippen MR) is 75.5 cm³/mol. The highest BCUT2D eigenvalue weighted by atomic mass is 32.2. The quantitative estimate of drug-likeness (QED) is 0.668. The summed E-state index contributed by atoms with van der Waals surface area (Å²) in [5.41, 5.74) is -0.634. The van der Waals surface area contributed by atoms with Gasteiger partial charge >= 0.3 is 0 Å². The molecule has 1 rings (SSSR count). The number of rotatable bonds is 5. The van der Waals surface area contributed by atoms with Crippen molar-refractivity contribution in [3.63, 3.8) is 0 Å². The van der Waals surface area contributed by atoms with E-state index in [9.17, 15) is 13.7 Å². The van der Waals surface area contributed by atoms with Gasteiger partial charge in [0.1, 0.15) is 16.9 Å². The minimum absolute atomic E-state index is 0.0513. The van der Waals surface area contributed by atoms with Gasteiger partial charge in [-0.2, -0.15) is 0 Å². The van der Waals surface area contributed by atoms with E-state index in [0.29, 0.717) is 11.8 Å². The Morgan fingerprint density at radius 1 is 1.32 bits per heavy atom. The molecule has 0 spiro atoms. The Morgan fingerprint density at radius 3 is 2.37 bits per heavy atom. The summed E-state index contributed by atoms with van der Waals surface area (Å²) in [4.78, 5) is 10.9. The SMILES string of the molecule is CC(C)(C)[S@@+]([O-])N[C@@](C)(CC=O)c1ccccc1F. The summed E-state index contributed by atoms with van der Waals surface area (Å²) < 4.78 is 28.5. The van der Waals surface area contributed by atoms with Crippen LogP contribution in [0, 0.1) is 5.82 Å². The average Bonchev–Trinajstić information content (AvgIpc) is 2.28. The zero-order valence-electron chi connectivity index (χ0n) is 11.7. The number of carbonyl (C=O) groups is 1. The van der Waals surface area contributed by atoms with E-state index >= 15 is 0 Å². The molecule has 0 bridgehead atoms. The molecule has 0 saturated heterocycles. The van der Waals surface area contributed by atoms with Crippen LogP contribution in [0.1, 0.15) is 39.7 Å². The fourth-order valence-electron chi connectivity index (χ4n) is 1.64. The highest BCUT2D eigenvalue weighted by molar-refractivity contribution is 7.90. The van der Waals surface area contributed by atoms with Gasteiger partial charge in [-0.25, -0.2) is 4.39 Å². The first kappa shape index (κ1) is 16.1. The van der Waals surface area contributed by atoms with Gasteiger partial charge in [0.15, 0.2) is 0 Å². The third-order valence-corrected chi connectivity index (χ3v) is 4.58. The minimum Gasteiger partial charge on any atom is -0.598 e. The Balaban J connectivity index is 3.11. The van der Waals surface area contributed by atoms with E-state index in [-0.39, 0.29) is 6.42 Å². The lowest BCUT2D eigenvalue weighted by atomic mass is 9.90. The number of hydrogen-bond acceptors (Lipinski definition) is 3. The lowest BCUT2D eigenvalue weighted by Crippen LogP contribution is -2.50. The van der Waals surface area contributed by atoms with Crippen molar-refractivity contribution in [2.24, 2.45) is 0 Å². The summed E-state index contributed by atoms with van der Waals surface area (Å²) in [6, 6.07) is 6.22. The van der Waals surface area contributed by atoms with Crippen LogP contribution >= 0.6 is 0 Å². The molecule has 0 aliphatic rings. The zero-order valence-corrected chi connectivity index (χ0v) is 12.5. The van der Waals surface area contributed by atoms with Crippen LogP contribution in [0.3, 0.4) is 0 Å². The van der Waals surface area contributed by atoms with Crippen LogP contribution in [-0.2, 0) is 21.7 Å². The average molecular weight is 285 g/mol. The largest absolute Gasteiger partial charge is 0.598 e. The van der Waals surface area contributed by atoms with Crippen molar-refractivity contribution in [2.75, 3.05) is 0 Å². The van der Waals surface area contributed by atoms with Crippen LogP contribution in [0.5, 0.6) is 0 Å². The Hall–Kier alpha value is -0.910. The van der Waals surface area contributed by atoms with Crippen LogP contribution in [-0.4, -0.2) is 15.6 Å². The number of benzene rings is 1. The minimum atomic E-state index is -1.39. The van der Waals surface area contributed by atoms with Crippen molar-refractivity contribution in [3.8, 4) is 0 Å². The molecule has 106 valence electrons. The van der Waals surface area contributed by atoms with Crippen molar-refractivity contribution in [1.82, 2.24) is 4.72 Å². The van der Waals surface area contributed by atoms with Crippen molar-refractivity contribution < 1.29 is 13.7 Å². The fraction of sp³-hybridized carbons (Fsp3) is 0.500. The molecule has 3 nitrogen and oxygen atoms in total. The maximum atomic E-state index is 13.9. The lowest BCUT2D eigenvalue weighted by molar-refractivity contribution is -0.108. The van der Waals surface area contributed by atoms with Crippen LogP contribution in [0.2, 0.25) is 0 Å². The van der Waals surface area contributed by atoms with E-state index in [1.54, 1.807) is 25.1 Å². The summed E-state index contributed by atoms with van der Waals surface area (Å²) in [6.07, 6.45) is 0.759. The van der Waals surface area contributed by atoms with Gasteiger partial charge in [-0.1, -0.05) is 18.2 Å². The molecule has 1 aromatic carbocycles. The lowest BCUT2D eigenvalue weighted by Gasteiger charge is -2.34. The van der Waals surface area contributed by atoms with Crippen LogP contribution in [0.4, 0.5) is 4.39 Å². The van der Waals surface area contributed by atoms with E-state index in [1.807, 2.05) is 20.8 Å². The Kier molecular flexibility index (Phi) is 5.12. The number of aldehydes is 1. The van der Waals surface area contributed by atoms with Crippen LogP contribution < -0.4 is 4.72 Å². The Labute approximate surface area is 116 Å². The molecule has 0 unspecified atom stereocenters. The summed E-state index contributed by atoms with van der Waals surface area (Å²) in [6.45, 7) is 7.14. The molecule has 5 heteroatoms. The zero-order chi connectivity index (χ0) is 14.7. The molecular formula is C14H20FNO2S. The molecule has 0 radical (unpaired) electrons. The molecule has 0 aliphatic carbocycles. The molecule has 2 atom stereocenters. The highest BCUT2D eigenvalue weighted by Gasteiger charge is 2.38. The normalized spacial score (nSPS) is 16.7. The van der Waals surface area contributed by atoms with E-state index in [2.05, 4.69) is 4.72 Å².